The van der Waals surface area contributed by atoms with Crippen LogP contribution in [0.2, 0.25) is 18.1 Å². The topological polar surface area (TPSA) is 84.1 Å². The molecule has 0 aliphatic carbocycles. The Morgan fingerprint density at radius 3 is 2.40 bits per heavy atom. The lowest BCUT2D eigenvalue weighted by Crippen LogP contribution is -2.43. The van der Waals surface area contributed by atoms with Gasteiger partial charge in [-0.3, -0.25) is 9.59 Å². The van der Waals surface area contributed by atoms with Crippen molar-refractivity contribution < 1.29 is 9.22 Å². The molecule has 1 amide bonds. The van der Waals surface area contributed by atoms with Crippen LogP contribution < -0.4 is 15.3 Å². The van der Waals surface area contributed by atoms with E-state index in [1.807, 2.05) is 24.3 Å². The van der Waals surface area contributed by atoms with E-state index in [4.69, 9.17) is 4.43 Å². The van der Waals surface area contributed by atoms with E-state index in [1.165, 1.54) is 12.3 Å². The lowest BCUT2D eigenvalue weighted by atomic mass is 10.1. The summed E-state index contributed by atoms with van der Waals surface area (Å²) in [6, 6.07) is 9.00. The lowest BCUT2D eigenvalue weighted by molar-refractivity contribution is -0.115. The number of rotatable bonds is 5. The molecule has 0 atom stereocenters. The lowest BCUT2D eigenvalue weighted by Gasteiger charge is -2.36. The maximum atomic E-state index is 12.1. The Hall–Kier alpha value is -2.41. The highest BCUT2D eigenvalue weighted by atomic mass is 28.4. The minimum atomic E-state index is -1.88. The molecule has 0 unspecified atom stereocenters. The van der Waals surface area contributed by atoms with Gasteiger partial charge in [-0.15, -0.1) is 0 Å². The largest absolute Gasteiger partial charge is 0.544 e. The second-order valence-electron chi connectivity index (χ2n) is 7.53. The third-order valence-corrected chi connectivity index (χ3v) is 8.83. The molecule has 1 aromatic heterocycles. The molecule has 2 rings (SSSR count). The Morgan fingerprint density at radius 2 is 1.84 bits per heavy atom. The van der Waals surface area contributed by atoms with E-state index >= 15 is 0 Å². The number of amides is 1. The normalized spacial score (nSPS) is 11.9. The van der Waals surface area contributed by atoms with Gasteiger partial charge in [0.05, 0.1) is 6.42 Å². The van der Waals surface area contributed by atoms with E-state index in [9.17, 15) is 9.59 Å². The summed E-state index contributed by atoms with van der Waals surface area (Å²) in [6.45, 7) is 11.0. The number of nitrogens with zero attached hydrogens (tertiary/aromatic N) is 1. The minimum Gasteiger partial charge on any atom is -0.544 e. The van der Waals surface area contributed by atoms with Crippen molar-refractivity contribution in [1.82, 2.24) is 10.2 Å². The smallest absolute Gasteiger partial charge is 0.287 e. The Morgan fingerprint density at radius 1 is 1.20 bits per heavy atom. The average molecular weight is 360 g/mol. The fourth-order valence-corrected chi connectivity index (χ4v) is 2.98. The Balaban J connectivity index is 2.00. The molecular weight excluding hydrogens is 334 g/mol. The number of nitrogens with one attached hydrogen (secondary N) is 2. The van der Waals surface area contributed by atoms with Gasteiger partial charge in [0.25, 0.3) is 5.56 Å². The summed E-state index contributed by atoms with van der Waals surface area (Å²) in [5.74, 6) is 0.566. The van der Waals surface area contributed by atoms with Crippen molar-refractivity contribution >= 4 is 19.9 Å². The van der Waals surface area contributed by atoms with Crippen molar-refractivity contribution in [2.45, 2.75) is 45.3 Å². The van der Waals surface area contributed by atoms with Gasteiger partial charge in [0.15, 0.2) is 0 Å². The van der Waals surface area contributed by atoms with Crippen LogP contribution in [0.4, 0.5) is 5.69 Å². The average Bonchev–Trinajstić information content (AvgIpc) is 2.50. The van der Waals surface area contributed by atoms with Crippen LogP contribution in [0, 0.1) is 0 Å². The van der Waals surface area contributed by atoms with Gasteiger partial charge in [0.2, 0.25) is 14.2 Å². The number of benzene rings is 1. The van der Waals surface area contributed by atoms with Crippen molar-refractivity contribution in [3.8, 4) is 5.75 Å². The van der Waals surface area contributed by atoms with Crippen LogP contribution in [0.25, 0.3) is 0 Å². The maximum Gasteiger partial charge on any atom is 0.287 e. The molecule has 0 aliphatic rings. The van der Waals surface area contributed by atoms with Gasteiger partial charge in [-0.2, -0.15) is 5.10 Å². The molecule has 0 fully saturated rings. The van der Waals surface area contributed by atoms with Gasteiger partial charge >= 0.3 is 0 Å². The quantitative estimate of drug-likeness (QED) is 0.802. The summed E-state index contributed by atoms with van der Waals surface area (Å²) in [4.78, 5) is 23.6. The first-order valence-corrected chi connectivity index (χ1v) is 11.1. The molecule has 0 bridgehead atoms. The molecule has 2 aromatic rings. The summed E-state index contributed by atoms with van der Waals surface area (Å²) in [5.41, 5.74) is 0.623. The number of aromatic nitrogens is 2. The molecule has 0 aliphatic heterocycles. The van der Waals surface area contributed by atoms with Gasteiger partial charge in [0, 0.05) is 6.20 Å². The molecule has 0 spiro atoms. The molecule has 0 radical (unpaired) electrons. The van der Waals surface area contributed by atoms with Crippen LogP contribution in [0.1, 0.15) is 26.3 Å². The monoisotopic (exact) mass is 359 g/mol. The predicted octanol–water partition coefficient (Wildman–Crippen LogP) is 3.34. The van der Waals surface area contributed by atoms with Crippen LogP contribution in [0.15, 0.2) is 41.3 Å². The first kappa shape index (κ1) is 18.9. The highest BCUT2D eigenvalue weighted by Crippen LogP contribution is 2.37. The number of carbonyl (C=O) groups excluding carboxylic acids is 1. The maximum absolute atomic E-state index is 12.1. The zero-order chi connectivity index (χ0) is 18.7. The molecular formula is C18H25N3O3Si. The van der Waals surface area contributed by atoms with Crippen molar-refractivity contribution in [3.05, 3.63) is 52.4 Å². The molecule has 25 heavy (non-hydrogen) atoms. The molecule has 2 N–H and O–H groups in total. The fourth-order valence-electron chi connectivity index (χ4n) is 1.94. The van der Waals surface area contributed by atoms with E-state index in [-0.39, 0.29) is 23.1 Å². The number of hydrogen-bond donors (Lipinski definition) is 2. The standard InChI is InChI=1S/C18H25N3O3Si/c1-18(2,3)25(4,5)24-14-8-6-13(7-9-14)12-16(22)20-15-10-11-19-21-17(15)23/h6-11H,12H2,1-5H3,(H,21,23)(H,19,20,22). The van der Waals surface area contributed by atoms with Gasteiger partial charge in [-0.25, -0.2) is 5.10 Å². The Bertz CT molecular complexity index is 792. The highest BCUT2D eigenvalue weighted by Gasteiger charge is 2.38. The van der Waals surface area contributed by atoms with Gasteiger partial charge in [-0.05, 0) is 41.9 Å². The van der Waals surface area contributed by atoms with E-state index in [0.717, 1.165) is 11.3 Å². The fraction of sp³-hybridized carbons (Fsp3) is 0.389. The summed E-state index contributed by atoms with van der Waals surface area (Å²) in [6.07, 6.45) is 1.60. The Labute approximate surface area is 148 Å². The molecule has 7 heteroatoms. The SMILES string of the molecule is CC(C)(C)[Si](C)(C)Oc1ccc(CC(=O)Nc2ccn[nH]c2=O)cc1. The number of H-pyrrole nitrogens is 1. The number of carbonyl (C=O) groups is 1. The summed E-state index contributed by atoms with van der Waals surface area (Å²) >= 11 is 0. The second-order valence-corrected chi connectivity index (χ2v) is 12.3. The van der Waals surface area contributed by atoms with E-state index < -0.39 is 13.9 Å². The van der Waals surface area contributed by atoms with E-state index in [1.54, 1.807) is 0 Å². The second kappa shape index (κ2) is 7.22. The van der Waals surface area contributed by atoms with E-state index in [2.05, 4.69) is 49.4 Å². The van der Waals surface area contributed by atoms with Crippen LogP contribution in [-0.4, -0.2) is 24.4 Å². The van der Waals surface area contributed by atoms with Crippen LogP contribution in [0.5, 0.6) is 5.75 Å². The van der Waals surface area contributed by atoms with E-state index in [0.29, 0.717) is 0 Å². The van der Waals surface area contributed by atoms with Gasteiger partial charge in [0.1, 0.15) is 11.4 Å². The summed E-state index contributed by atoms with van der Waals surface area (Å²) in [7, 11) is -1.88. The summed E-state index contributed by atoms with van der Waals surface area (Å²) < 4.78 is 6.22. The molecule has 134 valence electrons. The zero-order valence-corrected chi connectivity index (χ0v) is 16.3. The van der Waals surface area contributed by atoms with Crippen LogP contribution in [0.3, 0.4) is 0 Å². The number of anilines is 1. The molecule has 6 nitrogen and oxygen atoms in total. The molecule has 0 saturated heterocycles. The number of aromatic amines is 1. The third kappa shape index (κ3) is 5.03. The minimum absolute atomic E-state index is 0.128. The van der Waals surface area contributed by atoms with Crippen molar-refractivity contribution in [3.63, 3.8) is 0 Å². The van der Waals surface area contributed by atoms with Gasteiger partial charge < -0.3 is 9.74 Å². The zero-order valence-electron chi connectivity index (χ0n) is 15.3. The van der Waals surface area contributed by atoms with Crippen LogP contribution in [-0.2, 0) is 11.2 Å². The highest BCUT2D eigenvalue weighted by molar-refractivity contribution is 6.74. The van der Waals surface area contributed by atoms with Crippen LogP contribution >= 0.6 is 0 Å². The molecule has 0 saturated carbocycles. The van der Waals surface area contributed by atoms with Gasteiger partial charge in [-0.1, -0.05) is 32.9 Å². The first-order valence-electron chi connectivity index (χ1n) is 8.20. The summed E-state index contributed by atoms with van der Waals surface area (Å²) in [5, 5.41) is 8.58. The first-order chi connectivity index (χ1) is 11.6. The molecule has 1 heterocycles. The predicted molar refractivity (Wildman–Crippen MR) is 101 cm³/mol. The molecule has 1 aromatic carbocycles. The van der Waals surface area contributed by atoms with Crippen molar-refractivity contribution in [2.75, 3.05) is 5.32 Å². The Kier molecular flexibility index (Phi) is 5.47. The third-order valence-electron chi connectivity index (χ3n) is 4.47. The van der Waals surface area contributed by atoms with Crippen molar-refractivity contribution in [1.29, 1.82) is 0 Å². The van der Waals surface area contributed by atoms with Crippen molar-refractivity contribution in [2.24, 2.45) is 0 Å². The number of hydrogen-bond acceptors (Lipinski definition) is 4.